The van der Waals surface area contributed by atoms with Gasteiger partial charge in [-0.1, -0.05) is 60.1 Å². The number of amides is 1. The second kappa shape index (κ2) is 9.02. The lowest BCUT2D eigenvalue weighted by atomic mass is 9.99. The summed E-state index contributed by atoms with van der Waals surface area (Å²) >= 11 is 5.90. The lowest BCUT2D eigenvalue weighted by molar-refractivity contribution is 0.0696. The van der Waals surface area contributed by atoms with Crippen molar-refractivity contribution in [3.05, 3.63) is 118 Å². The van der Waals surface area contributed by atoms with E-state index < -0.39 is 5.97 Å². The molecule has 4 nitrogen and oxygen atoms in total. The summed E-state index contributed by atoms with van der Waals surface area (Å²) in [6.45, 7) is 0.431. The number of carboxylic acid groups (broad SMARTS) is 1. The molecule has 4 aromatic carbocycles. The first-order chi connectivity index (χ1) is 15.0. The molecule has 0 aliphatic carbocycles. The molecular weight excluding hydrogens is 410 g/mol. The predicted molar refractivity (Wildman–Crippen MR) is 123 cm³/mol. The fraction of sp³-hybridized carbons (Fsp3) is 0.0769. The normalized spacial score (nSPS) is 10.7. The van der Waals surface area contributed by atoms with Crippen LogP contribution in [-0.2, 0) is 13.0 Å². The van der Waals surface area contributed by atoms with Crippen LogP contribution in [0.5, 0.6) is 0 Å². The van der Waals surface area contributed by atoms with E-state index in [9.17, 15) is 9.59 Å². The number of hydrogen-bond donors (Lipinski definition) is 2. The van der Waals surface area contributed by atoms with E-state index in [-0.39, 0.29) is 11.5 Å². The van der Waals surface area contributed by atoms with Crippen LogP contribution in [0, 0.1) is 0 Å². The van der Waals surface area contributed by atoms with Gasteiger partial charge in [-0.05, 0) is 70.3 Å². The van der Waals surface area contributed by atoms with Crippen molar-refractivity contribution in [1.29, 1.82) is 0 Å². The molecule has 1 amide bonds. The fourth-order valence-electron chi connectivity index (χ4n) is 3.43. The molecule has 0 atom stereocenters. The van der Waals surface area contributed by atoms with Gasteiger partial charge in [0.25, 0.3) is 5.91 Å². The minimum Gasteiger partial charge on any atom is -0.478 e. The molecular formula is C26H20ClNO3. The van der Waals surface area contributed by atoms with Gasteiger partial charge in [0.05, 0.1) is 5.56 Å². The predicted octanol–water partition coefficient (Wildman–Crippen LogP) is 5.71. The first kappa shape index (κ1) is 20.6. The maximum absolute atomic E-state index is 12.6. The van der Waals surface area contributed by atoms with Crippen LogP contribution in [0.15, 0.2) is 84.9 Å². The third-order valence-electron chi connectivity index (χ3n) is 5.14. The van der Waals surface area contributed by atoms with Crippen molar-refractivity contribution in [2.24, 2.45) is 0 Å². The van der Waals surface area contributed by atoms with Crippen LogP contribution in [-0.4, -0.2) is 17.0 Å². The van der Waals surface area contributed by atoms with Crippen molar-refractivity contribution in [2.75, 3.05) is 0 Å². The maximum atomic E-state index is 12.6. The third kappa shape index (κ3) is 5.11. The molecule has 0 aliphatic heterocycles. The number of benzene rings is 4. The number of rotatable bonds is 6. The number of hydrogen-bond acceptors (Lipinski definition) is 2. The zero-order valence-electron chi connectivity index (χ0n) is 16.6. The summed E-state index contributed by atoms with van der Waals surface area (Å²) in [5, 5.41) is 14.7. The van der Waals surface area contributed by atoms with Gasteiger partial charge in [0.15, 0.2) is 0 Å². The first-order valence-corrected chi connectivity index (χ1v) is 10.2. The molecule has 0 fully saturated rings. The molecule has 0 bridgehead atoms. The van der Waals surface area contributed by atoms with Gasteiger partial charge in [0, 0.05) is 17.1 Å². The van der Waals surface area contributed by atoms with Crippen LogP contribution in [0.2, 0.25) is 5.02 Å². The summed E-state index contributed by atoms with van der Waals surface area (Å²) in [5.41, 5.74) is 3.98. The van der Waals surface area contributed by atoms with E-state index in [1.54, 1.807) is 24.3 Å². The Morgan fingerprint density at radius 2 is 1.32 bits per heavy atom. The smallest absolute Gasteiger partial charge is 0.335 e. The van der Waals surface area contributed by atoms with E-state index in [0.717, 1.165) is 27.5 Å². The van der Waals surface area contributed by atoms with Gasteiger partial charge in [0.1, 0.15) is 0 Å². The average molecular weight is 430 g/mol. The highest BCUT2D eigenvalue weighted by molar-refractivity contribution is 6.30. The zero-order valence-corrected chi connectivity index (χ0v) is 17.4. The SMILES string of the molecule is O=C(O)c1ccc(Cc2ccc3ccc(C(=O)NCc4ccc(Cl)cc4)cc3c2)cc1. The van der Waals surface area contributed by atoms with Gasteiger partial charge in [0.2, 0.25) is 0 Å². The molecule has 0 aliphatic rings. The Bertz CT molecular complexity index is 1250. The Balaban J connectivity index is 1.49. The highest BCUT2D eigenvalue weighted by Crippen LogP contribution is 2.20. The second-order valence-corrected chi connectivity index (χ2v) is 7.82. The van der Waals surface area contributed by atoms with Crippen LogP contribution < -0.4 is 5.32 Å². The van der Waals surface area contributed by atoms with Gasteiger partial charge >= 0.3 is 5.97 Å². The molecule has 0 spiro atoms. The molecule has 4 rings (SSSR count). The van der Waals surface area contributed by atoms with E-state index in [0.29, 0.717) is 23.6 Å². The first-order valence-electron chi connectivity index (χ1n) is 9.85. The summed E-state index contributed by atoms with van der Waals surface area (Å²) in [7, 11) is 0. The summed E-state index contributed by atoms with van der Waals surface area (Å²) in [5.74, 6) is -1.06. The van der Waals surface area contributed by atoms with Gasteiger partial charge in [-0.15, -0.1) is 0 Å². The number of nitrogens with one attached hydrogen (secondary N) is 1. The van der Waals surface area contributed by atoms with Gasteiger partial charge in [-0.25, -0.2) is 4.79 Å². The van der Waals surface area contributed by atoms with Gasteiger partial charge in [-0.2, -0.15) is 0 Å². The zero-order chi connectivity index (χ0) is 21.8. The molecule has 2 N–H and O–H groups in total. The van der Waals surface area contributed by atoms with E-state index in [2.05, 4.69) is 11.4 Å². The highest BCUT2D eigenvalue weighted by Gasteiger charge is 2.08. The summed E-state index contributed by atoms with van der Waals surface area (Å²) in [6, 6.07) is 26.1. The molecule has 4 aromatic rings. The molecule has 5 heteroatoms. The van der Waals surface area contributed by atoms with Gasteiger partial charge in [-0.3, -0.25) is 4.79 Å². The number of carboxylic acids is 1. The van der Waals surface area contributed by atoms with Crippen molar-refractivity contribution in [3.63, 3.8) is 0 Å². The van der Waals surface area contributed by atoms with Crippen molar-refractivity contribution in [1.82, 2.24) is 5.32 Å². The summed E-state index contributed by atoms with van der Waals surface area (Å²) in [4.78, 5) is 23.6. The molecule has 154 valence electrons. The van der Waals surface area contributed by atoms with Crippen LogP contribution in [0.25, 0.3) is 10.8 Å². The topological polar surface area (TPSA) is 66.4 Å². The number of carbonyl (C=O) groups excluding carboxylic acids is 1. The van der Waals surface area contributed by atoms with E-state index in [1.165, 1.54) is 0 Å². The second-order valence-electron chi connectivity index (χ2n) is 7.38. The monoisotopic (exact) mass is 429 g/mol. The van der Waals surface area contributed by atoms with E-state index in [4.69, 9.17) is 16.7 Å². The van der Waals surface area contributed by atoms with Crippen LogP contribution in [0.1, 0.15) is 37.4 Å². The van der Waals surface area contributed by atoms with Crippen molar-refractivity contribution in [3.8, 4) is 0 Å². The molecule has 0 saturated heterocycles. The molecule has 0 radical (unpaired) electrons. The van der Waals surface area contributed by atoms with Crippen LogP contribution in [0.4, 0.5) is 0 Å². The van der Waals surface area contributed by atoms with Crippen molar-refractivity contribution in [2.45, 2.75) is 13.0 Å². The molecule has 31 heavy (non-hydrogen) atoms. The number of halogens is 1. The number of fused-ring (bicyclic) bond motifs is 1. The fourth-order valence-corrected chi connectivity index (χ4v) is 3.56. The van der Waals surface area contributed by atoms with Crippen molar-refractivity contribution >= 4 is 34.2 Å². The maximum Gasteiger partial charge on any atom is 0.335 e. The number of aromatic carboxylic acids is 1. The van der Waals surface area contributed by atoms with Crippen molar-refractivity contribution < 1.29 is 14.7 Å². The molecule has 0 saturated carbocycles. The van der Waals surface area contributed by atoms with Crippen LogP contribution in [0.3, 0.4) is 0 Å². The third-order valence-corrected chi connectivity index (χ3v) is 5.39. The Morgan fingerprint density at radius 1 is 0.710 bits per heavy atom. The Kier molecular flexibility index (Phi) is 6.01. The Labute approximate surface area is 185 Å². The van der Waals surface area contributed by atoms with Crippen LogP contribution >= 0.6 is 11.6 Å². The largest absolute Gasteiger partial charge is 0.478 e. The van der Waals surface area contributed by atoms with Gasteiger partial charge < -0.3 is 10.4 Å². The minimum absolute atomic E-state index is 0.133. The quantitative estimate of drug-likeness (QED) is 0.412. The Hall–Kier alpha value is -3.63. The standard InChI is InChI=1S/C26H20ClNO3/c27-24-11-4-18(5-12-24)16-28-25(29)22-10-9-20-6-3-19(14-23(20)15-22)13-17-1-7-21(8-2-17)26(30)31/h1-12,14-15H,13,16H2,(H,28,29)(H,30,31). The lowest BCUT2D eigenvalue weighted by Crippen LogP contribution is -2.22. The minimum atomic E-state index is -0.931. The molecule has 0 heterocycles. The average Bonchev–Trinajstić information content (AvgIpc) is 2.78. The van der Waals surface area contributed by atoms with E-state index >= 15 is 0 Å². The summed E-state index contributed by atoms with van der Waals surface area (Å²) in [6.07, 6.45) is 0.683. The highest BCUT2D eigenvalue weighted by atomic mass is 35.5. The lowest BCUT2D eigenvalue weighted by Gasteiger charge is -2.08. The van der Waals surface area contributed by atoms with E-state index in [1.807, 2.05) is 54.6 Å². The molecule has 0 aromatic heterocycles. The Morgan fingerprint density at radius 3 is 2.03 bits per heavy atom. The molecule has 0 unspecified atom stereocenters. The summed E-state index contributed by atoms with van der Waals surface area (Å²) < 4.78 is 0. The number of carbonyl (C=O) groups is 2.